The zero-order valence-electron chi connectivity index (χ0n) is 10.2. The smallest absolute Gasteiger partial charge is 0.310 e. The minimum absolute atomic E-state index is 0.143. The first-order valence-corrected chi connectivity index (χ1v) is 6.14. The lowest BCUT2D eigenvalue weighted by Crippen LogP contribution is -2.44. The lowest BCUT2D eigenvalue weighted by Gasteiger charge is -2.33. The SMILES string of the molecule is COC(=O)C1CCCN(C(=O)CC2COC2)C1. The van der Waals surface area contributed by atoms with E-state index < -0.39 is 0 Å². The molecule has 0 spiro atoms. The molecule has 2 fully saturated rings. The highest BCUT2D eigenvalue weighted by Crippen LogP contribution is 2.21. The second-order valence-electron chi connectivity index (χ2n) is 4.81. The predicted octanol–water partition coefficient (Wildman–Crippen LogP) is 0.434. The van der Waals surface area contributed by atoms with Crippen LogP contribution in [0, 0.1) is 11.8 Å². The normalized spacial score (nSPS) is 25.2. The number of esters is 1. The lowest BCUT2D eigenvalue weighted by atomic mass is 9.96. The van der Waals surface area contributed by atoms with Gasteiger partial charge in [-0.05, 0) is 12.8 Å². The molecule has 0 radical (unpaired) electrons. The van der Waals surface area contributed by atoms with Gasteiger partial charge in [-0.3, -0.25) is 9.59 Å². The number of methoxy groups -OCH3 is 1. The van der Waals surface area contributed by atoms with Gasteiger partial charge in [0.1, 0.15) is 0 Å². The molecule has 1 amide bonds. The van der Waals surface area contributed by atoms with Crippen molar-refractivity contribution < 1.29 is 19.1 Å². The van der Waals surface area contributed by atoms with Gasteiger partial charge in [0.25, 0.3) is 0 Å². The number of piperidine rings is 1. The summed E-state index contributed by atoms with van der Waals surface area (Å²) in [5.74, 6) is 0.178. The number of rotatable bonds is 3. The van der Waals surface area contributed by atoms with Gasteiger partial charge in [-0.15, -0.1) is 0 Å². The highest BCUT2D eigenvalue weighted by atomic mass is 16.5. The molecular formula is C12H19NO4. The summed E-state index contributed by atoms with van der Waals surface area (Å²) in [4.78, 5) is 25.2. The first-order chi connectivity index (χ1) is 8.20. The van der Waals surface area contributed by atoms with Crippen LogP contribution in [-0.2, 0) is 19.1 Å². The molecule has 96 valence electrons. The van der Waals surface area contributed by atoms with Crippen molar-refractivity contribution in [1.82, 2.24) is 4.90 Å². The monoisotopic (exact) mass is 241 g/mol. The summed E-state index contributed by atoms with van der Waals surface area (Å²) >= 11 is 0. The highest BCUT2D eigenvalue weighted by molar-refractivity contribution is 5.78. The van der Waals surface area contributed by atoms with Crippen molar-refractivity contribution in [2.45, 2.75) is 19.3 Å². The molecule has 17 heavy (non-hydrogen) atoms. The van der Waals surface area contributed by atoms with Gasteiger partial charge in [-0.1, -0.05) is 0 Å². The van der Waals surface area contributed by atoms with Gasteiger partial charge in [0.15, 0.2) is 0 Å². The van der Waals surface area contributed by atoms with Gasteiger partial charge in [-0.25, -0.2) is 0 Å². The summed E-state index contributed by atoms with van der Waals surface area (Å²) in [6.45, 7) is 2.67. The van der Waals surface area contributed by atoms with Gasteiger partial charge < -0.3 is 14.4 Å². The molecule has 1 atom stereocenters. The third-order valence-corrected chi connectivity index (χ3v) is 3.48. The second kappa shape index (κ2) is 5.49. The number of ether oxygens (including phenoxy) is 2. The summed E-state index contributed by atoms with van der Waals surface area (Å²) < 4.78 is 9.79. The van der Waals surface area contributed by atoms with Crippen LogP contribution in [0.3, 0.4) is 0 Å². The zero-order valence-corrected chi connectivity index (χ0v) is 10.2. The third kappa shape index (κ3) is 2.97. The first kappa shape index (κ1) is 12.4. The predicted molar refractivity (Wildman–Crippen MR) is 60.2 cm³/mol. The lowest BCUT2D eigenvalue weighted by molar-refractivity contribution is -0.149. The molecule has 2 saturated heterocycles. The maximum absolute atomic E-state index is 12.0. The maximum Gasteiger partial charge on any atom is 0.310 e. The van der Waals surface area contributed by atoms with Gasteiger partial charge >= 0.3 is 5.97 Å². The van der Waals surface area contributed by atoms with E-state index >= 15 is 0 Å². The van der Waals surface area contributed by atoms with Crippen LogP contribution in [0.1, 0.15) is 19.3 Å². The van der Waals surface area contributed by atoms with E-state index in [0.29, 0.717) is 32.1 Å². The molecule has 1 unspecified atom stereocenters. The summed E-state index contributed by atoms with van der Waals surface area (Å²) in [7, 11) is 1.40. The van der Waals surface area contributed by atoms with E-state index in [1.807, 2.05) is 0 Å². The molecule has 0 bridgehead atoms. The quantitative estimate of drug-likeness (QED) is 0.673. The first-order valence-electron chi connectivity index (χ1n) is 6.14. The Labute approximate surface area is 101 Å². The van der Waals surface area contributed by atoms with Crippen LogP contribution in [0.25, 0.3) is 0 Å². The Morgan fingerprint density at radius 1 is 1.41 bits per heavy atom. The molecule has 2 heterocycles. The Morgan fingerprint density at radius 3 is 2.76 bits per heavy atom. The molecule has 2 aliphatic rings. The standard InChI is InChI=1S/C12H19NO4/c1-16-12(15)10-3-2-4-13(6-10)11(14)5-9-7-17-8-9/h9-10H,2-8H2,1H3. The molecule has 5 heteroatoms. The van der Waals surface area contributed by atoms with Crippen molar-refractivity contribution in [2.75, 3.05) is 33.4 Å². The molecule has 0 aliphatic carbocycles. The molecule has 0 aromatic carbocycles. The van der Waals surface area contributed by atoms with Crippen LogP contribution in [-0.4, -0.2) is 50.2 Å². The molecule has 0 aromatic rings. The van der Waals surface area contributed by atoms with E-state index in [-0.39, 0.29) is 17.8 Å². The van der Waals surface area contributed by atoms with Crippen molar-refractivity contribution in [3.63, 3.8) is 0 Å². The van der Waals surface area contributed by atoms with Gasteiger partial charge in [0.05, 0.1) is 26.2 Å². The summed E-state index contributed by atoms with van der Waals surface area (Å²) in [5.41, 5.74) is 0. The highest BCUT2D eigenvalue weighted by Gasteiger charge is 2.31. The second-order valence-corrected chi connectivity index (χ2v) is 4.81. The van der Waals surface area contributed by atoms with E-state index in [9.17, 15) is 9.59 Å². The topological polar surface area (TPSA) is 55.8 Å². The van der Waals surface area contributed by atoms with E-state index in [4.69, 9.17) is 9.47 Å². The fraction of sp³-hybridized carbons (Fsp3) is 0.833. The Kier molecular flexibility index (Phi) is 3.99. The van der Waals surface area contributed by atoms with E-state index in [1.54, 1.807) is 4.90 Å². The van der Waals surface area contributed by atoms with E-state index in [2.05, 4.69) is 0 Å². The molecule has 2 rings (SSSR count). The Hall–Kier alpha value is -1.10. The van der Waals surface area contributed by atoms with Crippen LogP contribution < -0.4 is 0 Å². The van der Waals surface area contributed by atoms with Gasteiger partial charge in [0, 0.05) is 25.4 Å². The molecule has 2 aliphatic heterocycles. The average Bonchev–Trinajstić information content (AvgIpc) is 2.32. The number of likely N-dealkylation sites (tertiary alicyclic amines) is 1. The van der Waals surface area contributed by atoms with Crippen molar-refractivity contribution in [1.29, 1.82) is 0 Å². The molecular weight excluding hydrogens is 222 g/mol. The molecule has 0 N–H and O–H groups in total. The minimum atomic E-state index is -0.200. The minimum Gasteiger partial charge on any atom is -0.469 e. The Morgan fingerprint density at radius 2 is 2.18 bits per heavy atom. The van der Waals surface area contributed by atoms with Crippen LogP contribution in [0.5, 0.6) is 0 Å². The van der Waals surface area contributed by atoms with E-state index in [1.165, 1.54) is 7.11 Å². The Bertz CT molecular complexity index is 301. The van der Waals surface area contributed by atoms with Crippen LogP contribution in [0.4, 0.5) is 0 Å². The number of hydrogen-bond donors (Lipinski definition) is 0. The van der Waals surface area contributed by atoms with Gasteiger partial charge in [-0.2, -0.15) is 0 Å². The molecule has 0 saturated carbocycles. The number of hydrogen-bond acceptors (Lipinski definition) is 4. The number of carbonyl (C=O) groups excluding carboxylic acids is 2. The number of nitrogens with zero attached hydrogens (tertiary/aromatic N) is 1. The van der Waals surface area contributed by atoms with Crippen molar-refractivity contribution >= 4 is 11.9 Å². The third-order valence-electron chi connectivity index (χ3n) is 3.48. The summed E-state index contributed by atoms with van der Waals surface area (Å²) in [5, 5.41) is 0. The zero-order chi connectivity index (χ0) is 12.3. The molecule has 5 nitrogen and oxygen atoms in total. The van der Waals surface area contributed by atoms with Crippen LogP contribution in [0.2, 0.25) is 0 Å². The maximum atomic E-state index is 12.0. The van der Waals surface area contributed by atoms with Crippen molar-refractivity contribution in [3.8, 4) is 0 Å². The summed E-state index contributed by atoms with van der Waals surface area (Å²) in [6.07, 6.45) is 2.25. The number of amides is 1. The number of carbonyl (C=O) groups is 2. The average molecular weight is 241 g/mol. The summed E-state index contributed by atoms with van der Waals surface area (Å²) in [6, 6.07) is 0. The molecule has 0 aromatic heterocycles. The van der Waals surface area contributed by atoms with Crippen molar-refractivity contribution in [2.24, 2.45) is 11.8 Å². The van der Waals surface area contributed by atoms with Crippen molar-refractivity contribution in [3.05, 3.63) is 0 Å². The van der Waals surface area contributed by atoms with Gasteiger partial charge in [0.2, 0.25) is 5.91 Å². The Balaban J connectivity index is 1.83. The fourth-order valence-corrected chi connectivity index (χ4v) is 2.34. The van der Waals surface area contributed by atoms with Crippen LogP contribution in [0.15, 0.2) is 0 Å². The largest absolute Gasteiger partial charge is 0.469 e. The fourth-order valence-electron chi connectivity index (χ4n) is 2.34. The van der Waals surface area contributed by atoms with E-state index in [0.717, 1.165) is 19.4 Å². The van der Waals surface area contributed by atoms with Crippen LogP contribution >= 0.6 is 0 Å².